The normalized spacial score (nSPS) is 12.0. The molecule has 0 fully saturated rings. The number of hydrogen-bond acceptors (Lipinski definition) is 5. The molecule has 0 saturated carbocycles. The molecular weight excluding hydrogens is 538 g/mol. The molecule has 1 heterocycles. The van der Waals surface area contributed by atoms with Crippen LogP contribution in [-0.2, 0) is 16.6 Å². The van der Waals surface area contributed by atoms with Gasteiger partial charge in [0.05, 0.1) is 6.61 Å². The van der Waals surface area contributed by atoms with Gasteiger partial charge in [0.15, 0.2) is 5.82 Å². The third-order valence-electron chi connectivity index (χ3n) is 7.37. The Balaban J connectivity index is 1.34. The zero-order chi connectivity index (χ0) is 30.8. The van der Waals surface area contributed by atoms with Crippen molar-refractivity contribution in [3.8, 4) is 28.3 Å². The lowest BCUT2D eigenvalue weighted by Crippen LogP contribution is -2.42. The zero-order valence-electron chi connectivity index (χ0n) is 25.5. The van der Waals surface area contributed by atoms with E-state index in [1.54, 1.807) is 24.5 Å². The van der Waals surface area contributed by atoms with Crippen molar-refractivity contribution in [2.75, 3.05) is 6.61 Å². The lowest BCUT2D eigenvalue weighted by atomic mass is 9.86. The number of nitrogens with one attached hydrogen (secondary N) is 1. The third kappa shape index (κ3) is 8.98. The molecule has 7 heteroatoms. The number of carbonyl (C=O) groups is 2. The average molecular weight is 580 g/mol. The summed E-state index contributed by atoms with van der Waals surface area (Å²) < 4.78 is 5.84. The maximum atomic E-state index is 12.8. The molecule has 0 saturated heterocycles. The highest BCUT2D eigenvalue weighted by molar-refractivity contribution is 5.96. The van der Waals surface area contributed by atoms with Gasteiger partial charge in [-0.25, -0.2) is 14.8 Å². The molecule has 0 unspecified atom stereocenters. The second kappa shape index (κ2) is 14.6. The van der Waals surface area contributed by atoms with Crippen molar-refractivity contribution in [3.63, 3.8) is 0 Å². The number of benzene rings is 3. The number of carbonyl (C=O) groups excluding carboxylic acids is 1. The Morgan fingerprint density at radius 1 is 0.814 bits per heavy atom. The maximum Gasteiger partial charge on any atom is 0.326 e. The minimum Gasteiger partial charge on any atom is -0.494 e. The first-order valence-electron chi connectivity index (χ1n) is 14.9. The minimum absolute atomic E-state index is 0.0349. The first kappa shape index (κ1) is 31.4. The molecule has 0 aliphatic rings. The Bertz CT molecular complexity index is 1470. The monoisotopic (exact) mass is 579 g/mol. The van der Waals surface area contributed by atoms with E-state index in [1.807, 2.05) is 60.7 Å². The number of hydrogen-bond donors (Lipinski definition) is 2. The van der Waals surface area contributed by atoms with Crippen molar-refractivity contribution >= 4 is 11.9 Å². The number of aliphatic carboxylic acids is 1. The minimum atomic E-state index is -1.09. The number of rotatable bonds is 13. The van der Waals surface area contributed by atoms with Crippen LogP contribution >= 0.6 is 0 Å². The van der Waals surface area contributed by atoms with Gasteiger partial charge in [0.2, 0.25) is 0 Å². The van der Waals surface area contributed by atoms with Crippen LogP contribution in [0, 0.1) is 0 Å². The van der Waals surface area contributed by atoms with E-state index in [2.05, 4.69) is 43.0 Å². The average Bonchev–Trinajstić information content (AvgIpc) is 3.01. The summed E-state index contributed by atoms with van der Waals surface area (Å²) in [5.74, 6) is -0.0711. The topological polar surface area (TPSA) is 101 Å². The lowest BCUT2D eigenvalue weighted by molar-refractivity contribution is -0.139. The molecule has 1 atom stereocenters. The highest BCUT2D eigenvalue weighted by Gasteiger charge is 2.22. The Hall–Kier alpha value is -4.52. The summed E-state index contributed by atoms with van der Waals surface area (Å²) in [4.78, 5) is 33.8. The molecule has 1 amide bonds. The summed E-state index contributed by atoms with van der Waals surface area (Å²) in [6.45, 7) is 9.22. The Morgan fingerprint density at radius 3 is 2.02 bits per heavy atom. The molecule has 1 aromatic heterocycles. The van der Waals surface area contributed by atoms with Crippen LogP contribution in [0.5, 0.6) is 5.75 Å². The van der Waals surface area contributed by atoms with Gasteiger partial charge in [-0.1, -0.05) is 95.5 Å². The molecule has 0 bridgehead atoms. The van der Waals surface area contributed by atoms with Crippen molar-refractivity contribution in [3.05, 3.63) is 102 Å². The molecule has 43 heavy (non-hydrogen) atoms. The highest BCUT2D eigenvalue weighted by Crippen LogP contribution is 2.24. The molecule has 0 spiro atoms. The summed E-state index contributed by atoms with van der Waals surface area (Å²) in [5, 5.41) is 12.4. The Morgan fingerprint density at radius 2 is 1.44 bits per heavy atom. The van der Waals surface area contributed by atoms with Gasteiger partial charge < -0.3 is 15.2 Å². The van der Waals surface area contributed by atoms with E-state index in [0.29, 0.717) is 11.4 Å². The number of amides is 1. The highest BCUT2D eigenvalue weighted by atomic mass is 16.5. The summed E-state index contributed by atoms with van der Waals surface area (Å²) in [5.41, 5.74) is 5.01. The van der Waals surface area contributed by atoms with E-state index in [1.165, 1.54) is 19.3 Å². The predicted molar refractivity (Wildman–Crippen MR) is 170 cm³/mol. The second-order valence-electron chi connectivity index (χ2n) is 11.8. The molecular formula is C36H41N3O4. The summed E-state index contributed by atoms with van der Waals surface area (Å²) in [7, 11) is 0. The largest absolute Gasteiger partial charge is 0.494 e. The van der Waals surface area contributed by atoms with Crippen LogP contribution in [0.3, 0.4) is 0 Å². The van der Waals surface area contributed by atoms with Crippen LogP contribution in [0.15, 0.2) is 85.2 Å². The third-order valence-corrected chi connectivity index (χ3v) is 7.37. The van der Waals surface area contributed by atoms with E-state index in [9.17, 15) is 14.7 Å². The maximum absolute atomic E-state index is 12.8. The van der Waals surface area contributed by atoms with Crippen molar-refractivity contribution in [2.24, 2.45) is 0 Å². The van der Waals surface area contributed by atoms with Gasteiger partial charge in [0.25, 0.3) is 5.91 Å². The Kier molecular flexibility index (Phi) is 10.7. The number of unbranched alkanes of at least 4 members (excludes halogenated alkanes) is 3. The molecule has 7 nitrogen and oxygen atoms in total. The van der Waals surface area contributed by atoms with Crippen LogP contribution in [0.4, 0.5) is 0 Å². The van der Waals surface area contributed by atoms with E-state index in [-0.39, 0.29) is 11.8 Å². The number of ether oxygens (including phenoxy) is 1. The van der Waals surface area contributed by atoms with Gasteiger partial charge in [-0.3, -0.25) is 4.79 Å². The van der Waals surface area contributed by atoms with Crippen molar-refractivity contribution < 1.29 is 19.4 Å². The molecule has 224 valence electrons. The number of nitrogens with zero attached hydrogens (tertiary/aromatic N) is 2. The van der Waals surface area contributed by atoms with Crippen molar-refractivity contribution in [1.82, 2.24) is 15.3 Å². The molecule has 0 aliphatic heterocycles. The van der Waals surface area contributed by atoms with Gasteiger partial charge in [-0.15, -0.1) is 0 Å². The molecule has 0 radical (unpaired) electrons. The van der Waals surface area contributed by atoms with E-state index in [0.717, 1.165) is 46.6 Å². The van der Waals surface area contributed by atoms with Crippen LogP contribution in [-0.4, -0.2) is 39.6 Å². The first-order valence-corrected chi connectivity index (χ1v) is 14.9. The van der Waals surface area contributed by atoms with E-state index in [4.69, 9.17) is 4.74 Å². The standard InChI is InChI=1S/C36H41N3O4/c1-5-6-7-8-21-43-31-19-15-26(16-20-31)29-23-37-33(38-24-29)27-11-9-25(10-12-27)22-32(35(41)42)39-34(40)28-13-17-30(18-14-28)36(2,3)4/h9-20,23-24,32H,5-8,21-22H2,1-4H3,(H,39,40)(H,41,42)/t32-/m0/s1. The van der Waals surface area contributed by atoms with Crippen LogP contribution in [0.1, 0.15) is 74.9 Å². The van der Waals surface area contributed by atoms with E-state index < -0.39 is 17.9 Å². The Labute approximate surface area is 254 Å². The van der Waals surface area contributed by atoms with Gasteiger partial charge in [0, 0.05) is 35.5 Å². The molecule has 2 N–H and O–H groups in total. The fourth-order valence-corrected chi connectivity index (χ4v) is 4.68. The van der Waals surface area contributed by atoms with Crippen LogP contribution in [0.2, 0.25) is 0 Å². The molecule has 4 aromatic rings. The fourth-order valence-electron chi connectivity index (χ4n) is 4.68. The lowest BCUT2D eigenvalue weighted by Gasteiger charge is -2.19. The van der Waals surface area contributed by atoms with Crippen molar-refractivity contribution in [1.29, 1.82) is 0 Å². The molecule has 4 rings (SSSR count). The summed E-state index contributed by atoms with van der Waals surface area (Å²) in [6.07, 6.45) is 8.44. The molecule has 0 aliphatic carbocycles. The summed E-state index contributed by atoms with van der Waals surface area (Å²) >= 11 is 0. The predicted octanol–water partition coefficient (Wildman–Crippen LogP) is 7.49. The van der Waals surface area contributed by atoms with Crippen LogP contribution in [0.25, 0.3) is 22.5 Å². The first-order chi connectivity index (χ1) is 20.6. The fraction of sp³-hybridized carbons (Fsp3) is 0.333. The SMILES string of the molecule is CCCCCCOc1ccc(-c2cnc(-c3ccc(C[C@H](NC(=O)c4ccc(C(C)(C)C)cc4)C(=O)O)cc3)nc2)cc1. The number of aromatic nitrogens is 2. The number of carboxylic acids is 1. The quantitative estimate of drug-likeness (QED) is 0.159. The van der Waals surface area contributed by atoms with Gasteiger partial charge in [-0.2, -0.15) is 0 Å². The zero-order valence-corrected chi connectivity index (χ0v) is 25.5. The number of carboxylic acid groups (broad SMARTS) is 1. The van der Waals surface area contributed by atoms with Gasteiger partial charge in [-0.05, 0) is 52.8 Å². The molecule has 3 aromatic carbocycles. The van der Waals surface area contributed by atoms with Crippen LogP contribution < -0.4 is 10.1 Å². The second-order valence-corrected chi connectivity index (χ2v) is 11.8. The van der Waals surface area contributed by atoms with Crippen molar-refractivity contribution in [2.45, 2.75) is 71.3 Å². The summed E-state index contributed by atoms with van der Waals surface area (Å²) in [6, 6.07) is 21.6. The van der Waals surface area contributed by atoms with Gasteiger partial charge in [0.1, 0.15) is 11.8 Å². The van der Waals surface area contributed by atoms with Gasteiger partial charge >= 0.3 is 5.97 Å². The van der Waals surface area contributed by atoms with E-state index >= 15 is 0 Å². The smallest absolute Gasteiger partial charge is 0.326 e.